The van der Waals surface area contributed by atoms with Gasteiger partial charge in [0.1, 0.15) is 0 Å². The molecule has 0 amide bonds. The van der Waals surface area contributed by atoms with Gasteiger partial charge in [-0.3, -0.25) is 0 Å². The second-order valence-electron chi connectivity index (χ2n) is 6.70. The second-order valence-corrected chi connectivity index (χ2v) is 6.70. The van der Waals surface area contributed by atoms with Crippen molar-refractivity contribution in [2.24, 2.45) is 0 Å². The molecule has 0 radical (unpaired) electrons. The first kappa shape index (κ1) is 13.1. The number of fused-ring (bicyclic) bond motifs is 2. The smallest absolute Gasteiger partial charge is 0.0333 e. The van der Waals surface area contributed by atoms with Crippen LogP contribution in [0.5, 0.6) is 0 Å². The Bertz CT molecular complexity index is 458. The van der Waals surface area contributed by atoms with Gasteiger partial charge in [-0.05, 0) is 55.8 Å². The zero-order chi connectivity index (χ0) is 13.5. The maximum Gasteiger partial charge on any atom is 0.0333 e. The number of hydrogen-bond acceptors (Lipinski definition) is 2. The lowest BCUT2D eigenvalue weighted by Crippen LogP contribution is -2.39. The lowest BCUT2D eigenvalue weighted by Gasteiger charge is -2.35. The highest BCUT2D eigenvalue weighted by molar-refractivity contribution is 5.45. The Hall–Kier alpha value is -0.860. The average Bonchev–Trinajstić information content (AvgIpc) is 2.64. The highest BCUT2D eigenvalue weighted by atomic mass is 15.0. The minimum atomic E-state index is 0.430. The molecule has 1 atom stereocenters. The van der Waals surface area contributed by atoms with Crippen LogP contribution in [-0.4, -0.2) is 19.1 Å². The van der Waals surface area contributed by atoms with Crippen molar-refractivity contribution >= 4 is 0 Å². The molecule has 1 aliphatic heterocycles. The number of aryl methyl sites for hydroxylation is 1. The van der Waals surface area contributed by atoms with Crippen molar-refractivity contribution in [3.05, 3.63) is 34.9 Å². The quantitative estimate of drug-likeness (QED) is 0.852. The van der Waals surface area contributed by atoms with E-state index in [1.165, 1.54) is 37.9 Å². The predicted octanol–water partition coefficient (Wildman–Crippen LogP) is 3.06. The number of benzene rings is 1. The van der Waals surface area contributed by atoms with Crippen LogP contribution in [0.4, 0.5) is 0 Å². The summed E-state index contributed by atoms with van der Waals surface area (Å²) in [4.78, 5) is 0. The summed E-state index contributed by atoms with van der Waals surface area (Å²) in [5.41, 5.74) is 5.02. The fourth-order valence-electron chi connectivity index (χ4n) is 3.97. The SMILES string of the molecule is Cc1ccc2c(c1)C1(CCNCC1)CC2NC(C)C. The van der Waals surface area contributed by atoms with Gasteiger partial charge in [0, 0.05) is 12.1 Å². The summed E-state index contributed by atoms with van der Waals surface area (Å²) in [6.45, 7) is 9.06. The molecule has 1 fully saturated rings. The molecule has 2 aliphatic rings. The molecule has 1 aliphatic carbocycles. The van der Waals surface area contributed by atoms with Crippen LogP contribution in [0.15, 0.2) is 18.2 Å². The predicted molar refractivity (Wildman–Crippen MR) is 80.6 cm³/mol. The summed E-state index contributed by atoms with van der Waals surface area (Å²) in [6.07, 6.45) is 3.87. The van der Waals surface area contributed by atoms with Crippen LogP contribution < -0.4 is 10.6 Å². The van der Waals surface area contributed by atoms with Gasteiger partial charge in [-0.25, -0.2) is 0 Å². The van der Waals surface area contributed by atoms with Crippen molar-refractivity contribution in [3.8, 4) is 0 Å². The van der Waals surface area contributed by atoms with Gasteiger partial charge in [0.25, 0.3) is 0 Å². The maximum absolute atomic E-state index is 3.77. The van der Waals surface area contributed by atoms with Gasteiger partial charge in [-0.1, -0.05) is 37.6 Å². The Morgan fingerprint density at radius 2 is 2.00 bits per heavy atom. The summed E-state index contributed by atoms with van der Waals surface area (Å²) < 4.78 is 0. The second kappa shape index (κ2) is 4.92. The summed E-state index contributed by atoms with van der Waals surface area (Å²) in [7, 11) is 0. The normalized spacial score (nSPS) is 24.9. The first-order valence-corrected chi connectivity index (χ1v) is 7.68. The Labute approximate surface area is 117 Å². The summed E-state index contributed by atoms with van der Waals surface area (Å²) in [6, 6.07) is 8.18. The van der Waals surface area contributed by atoms with Crippen LogP contribution in [0.2, 0.25) is 0 Å². The summed E-state index contributed by atoms with van der Waals surface area (Å²) in [5, 5.41) is 7.29. The van der Waals surface area contributed by atoms with Crippen molar-refractivity contribution in [2.45, 2.75) is 57.5 Å². The Balaban J connectivity index is 1.99. The molecule has 0 bridgehead atoms. The van der Waals surface area contributed by atoms with E-state index in [9.17, 15) is 0 Å². The Morgan fingerprint density at radius 3 is 2.68 bits per heavy atom. The van der Waals surface area contributed by atoms with Gasteiger partial charge in [-0.15, -0.1) is 0 Å². The first-order valence-electron chi connectivity index (χ1n) is 7.68. The number of nitrogens with one attached hydrogen (secondary N) is 2. The van der Waals surface area contributed by atoms with Gasteiger partial charge in [0.2, 0.25) is 0 Å². The van der Waals surface area contributed by atoms with Crippen molar-refractivity contribution in [1.82, 2.24) is 10.6 Å². The molecule has 2 nitrogen and oxygen atoms in total. The van der Waals surface area contributed by atoms with E-state index in [1.54, 1.807) is 11.1 Å². The Morgan fingerprint density at radius 1 is 1.26 bits per heavy atom. The van der Waals surface area contributed by atoms with Crippen LogP contribution in [0.3, 0.4) is 0 Å². The number of piperidine rings is 1. The third-order valence-corrected chi connectivity index (χ3v) is 4.85. The molecular formula is C17H26N2. The molecule has 1 aromatic rings. The molecule has 1 saturated heterocycles. The fourth-order valence-corrected chi connectivity index (χ4v) is 3.97. The molecule has 0 saturated carbocycles. The van der Waals surface area contributed by atoms with E-state index < -0.39 is 0 Å². The van der Waals surface area contributed by atoms with E-state index in [-0.39, 0.29) is 0 Å². The molecule has 2 N–H and O–H groups in total. The largest absolute Gasteiger partial charge is 0.317 e. The number of rotatable bonds is 2. The zero-order valence-corrected chi connectivity index (χ0v) is 12.4. The van der Waals surface area contributed by atoms with Gasteiger partial charge in [0.05, 0.1) is 0 Å². The van der Waals surface area contributed by atoms with E-state index in [1.807, 2.05) is 0 Å². The fraction of sp³-hybridized carbons (Fsp3) is 0.647. The molecule has 1 unspecified atom stereocenters. The van der Waals surface area contributed by atoms with Crippen LogP contribution in [0, 0.1) is 6.92 Å². The highest BCUT2D eigenvalue weighted by Crippen LogP contribution is 2.50. The van der Waals surface area contributed by atoms with Crippen molar-refractivity contribution in [3.63, 3.8) is 0 Å². The molecular weight excluding hydrogens is 232 g/mol. The molecule has 104 valence electrons. The standard InChI is InChI=1S/C17H26N2/c1-12(2)19-16-11-17(6-8-18-9-7-17)15-10-13(3)4-5-14(15)16/h4-5,10,12,16,18-19H,6-9,11H2,1-3H3. The molecule has 1 spiro atoms. The monoisotopic (exact) mass is 258 g/mol. The van der Waals surface area contributed by atoms with Gasteiger partial charge in [0.15, 0.2) is 0 Å². The maximum atomic E-state index is 3.77. The van der Waals surface area contributed by atoms with E-state index in [0.29, 0.717) is 17.5 Å². The van der Waals surface area contributed by atoms with Crippen LogP contribution >= 0.6 is 0 Å². The third kappa shape index (κ3) is 2.32. The van der Waals surface area contributed by atoms with Crippen molar-refractivity contribution < 1.29 is 0 Å². The summed E-state index contributed by atoms with van der Waals surface area (Å²) in [5.74, 6) is 0. The van der Waals surface area contributed by atoms with Crippen LogP contribution in [0.1, 0.15) is 55.8 Å². The zero-order valence-electron chi connectivity index (χ0n) is 12.4. The van der Waals surface area contributed by atoms with Crippen molar-refractivity contribution in [1.29, 1.82) is 0 Å². The molecule has 2 heteroatoms. The lowest BCUT2D eigenvalue weighted by molar-refractivity contribution is 0.278. The highest BCUT2D eigenvalue weighted by Gasteiger charge is 2.44. The average molecular weight is 258 g/mol. The van der Waals surface area contributed by atoms with Crippen molar-refractivity contribution in [2.75, 3.05) is 13.1 Å². The van der Waals surface area contributed by atoms with E-state index >= 15 is 0 Å². The molecule has 1 aromatic carbocycles. The molecule has 19 heavy (non-hydrogen) atoms. The van der Waals surface area contributed by atoms with Gasteiger partial charge in [-0.2, -0.15) is 0 Å². The number of hydrogen-bond donors (Lipinski definition) is 2. The van der Waals surface area contributed by atoms with Gasteiger partial charge >= 0.3 is 0 Å². The first-order chi connectivity index (χ1) is 9.11. The minimum absolute atomic E-state index is 0.430. The topological polar surface area (TPSA) is 24.1 Å². The molecule has 0 aromatic heterocycles. The van der Waals surface area contributed by atoms with Gasteiger partial charge < -0.3 is 10.6 Å². The minimum Gasteiger partial charge on any atom is -0.317 e. The van der Waals surface area contributed by atoms with E-state index in [0.717, 1.165) is 0 Å². The van der Waals surface area contributed by atoms with E-state index in [2.05, 4.69) is 49.6 Å². The third-order valence-electron chi connectivity index (χ3n) is 4.85. The molecule has 3 rings (SSSR count). The lowest BCUT2D eigenvalue weighted by atomic mass is 9.74. The molecule has 1 heterocycles. The summed E-state index contributed by atoms with van der Waals surface area (Å²) >= 11 is 0. The van der Waals surface area contributed by atoms with E-state index in [4.69, 9.17) is 0 Å². The Kier molecular flexibility index (Phi) is 3.40. The van der Waals surface area contributed by atoms with Crippen LogP contribution in [0.25, 0.3) is 0 Å². The van der Waals surface area contributed by atoms with Crippen LogP contribution in [-0.2, 0) is 5.41 Å².